The molecule has 0 saturated carbocycles. The van der Waals surface area contributed by atoms with Gasteiger partial charge >= 0.3 is 0 Å². The summed E-state index contributed by atoms with van der Waals surface area (Å²) in [6.45, 7) is -0.500. The van der Waals surface area contributed by atoms with Gasteiger partial charge in [0.25, 0.3) is 5.56 Å². The number of aliphatic hydroxyl groups is 1. The third-order valence-corrected chi connectivity index (χ3v) is 3.87. The fourth-order valence-corrected chi connectivity index (χ4v) is 2.68. The van der Waals surface area contributed by atoms with Crippen LogP contribution >= 0.6 is 0 Å². The van der Waals surface area contributed by atoms with Gasteiger partial charge in [-0.05, 0) is 36.4 Å². The molecule has 4 aromatic rings. The first-order valence-corrected chi connectivity index (χ1v) is 7.32. The van der Waals surface area contributed by atoms with E-state index < -0.39 is 18.0 Å². The van der Waals surface area contributed by atoms with Crippen molar-refractivity contribution in [1.29, 1.82) is 0 Å². The summed E-state index contributed by atoms with van der Waals surface area (Å²) in [5, 5.41) is 13.5. The monoisotopic (exact) mass is 324 g/mol. The minimum Gasteiger partial charge on any atom is -0.391 e. The highest BCUT2D eigenvalue weighted by molar-refractivity contribution is 5.84. The van der Waals surface area contributed by atoms with Crippen LogP contribution in [0.4, 0.5) is 15.9 Å². The largest absolute Gasteiger partial charge is 0.391 e. The van der Waals surface area contributed by atoms with E-state index in [1.54, 1.807) is 0 Å². The maximum atomic E-state index is 14.0. The predicted octanol–water partition coefficient (Wildman–Crippen LogP) is 2.55. The first-order valence-electron chi connectivity index (χ1n) is 7.32. The van der Waals surface area contributed by atoms with E-state index in [4.69, 9.17) is 0 Å². The normalized spacial score (nSPS) is 11.2. The fourth-order valence-electron chi connectivity index (χ4n) is 2.68. The zero-order valence-corrected chi connectivity index (χ0v) is 12.5. The van der Waals surface area contributed by atoms with E-state index >= 15 is 0 Å². The van der Waals surface area contributed by atoms with Gasteiger partial charge in [-0.3, -0.25) is 9.20 Å². The highest BCUT2D eigenvalue weighted by atomic mass is 19.1. The van der Waals surface area contributed by atoms with E-state index in [0.717, 1.165) is 15.3 Å². The number of hydrogen-bond donors (Lipinski definition) is 3. The second-order valence-corrected chi connectivity index (χ2v) is 5.36. The Hall–Kier alpha value is -3.19. The van der Waals surface area contributed by atoms with Crippen LogP contribution in [0.2, 0.25) is 0 Å². The summed E-state index contributed by atoms with van der Waals surface area (Å²) >= 11 is 0. The molecule has 6 nitrogen and oxygen atoms in total. The zero-order valence-electron chi connectivity index (χ0n) is 12.5. The van der Waals surface area contributed by atoms with E-state index in [1.165, 1.54) is 18.3 Å². The van der Waals surface area contributed by atoms with Crippen LogP contribution in [0.25, 0.3) is 16.6 Å². The van der Waals surface area contributed by atoms with Crippen LogP contribution in [-0.2, 0) is 6.61 Å². The molecule has 4 rings (SSSR count). The molecule has 7 heteroatoms. The van der Waals surface area contributed by atoms with Gasteiger partial charge in [0.2, 0.25) is 0 Å². The van der Waals surface area contributed by atoms with Crippen LogP contribution in [0.15, 0.2) is 53.6 Å². The van der Waals surface area contributed by atoms with E-state index in [9.17, 15) is 14.3 Å². The average molecular weight is 324 g/mol. The van der Waals surface area contributed by atoms with E-state index in [0.29, 0.717) is 5.69 Å². The van der Waals surface area contributed by atoms with Crippen LogP contribution in [0.1, 0.15) is 5.56 Å². The lowest BCUT2D eigenvalue weighted by atomic mass is 10.2. The van der Waals surface area contributed by atoms with Crippen molar-refractivity contribution >= 4 is 28.1 Å². The Kier molecular flexibility index (Phi) is 3.28. The topological polar surface area (TPSA) is 82.4 Å². The number of benzene rings is 1. The van der Waals surface area contributed by atoms with Gasteiger partial charge in [-0.2, -0.15) is 0 Å². The van der Waals surface area contributed by atoms with Crippen molar-refractivity contribution in [1.82, 2.24) is 14.4 Å². The van der Waals surface area contributed by atoms with Crippen LogP contribution in [0.5, 0.6) is 0 Å². The van der Waals surface area contributed by atoms with Gasteiger partial charge in [-0.1, -0.05) is 0 Å². The summed E-state index contributed by atoms with van der Waals surface area (Å²) in [6.07, 6.45) is 3.24. The molecule has 3 aromatic heterocycles. The molecule has 3 N–H and O–H groups in total. The number of H-pyrrole nitrogens is 1. The van der Waals surface area contributed by atoms with Gasteiger partial charge < -0.3 is 15.4 Å². The molecule has 0 aliphatic rings. The van der Waals surface area contributed by atoms with Crippen molar-refractivity contribution in [2.45, 2.75) is 6.61 Å². The van der Waals surface area contributed by atoms with Crippen molar-refractivity contribution < 1.29 is 9.50 Å². The summed E-state index contributed by atoms with van der Waals surface area (Å²) < 4.78 is 15.1. The zero-order chi connectivity index (χ0) is 16.7. The number of fused-ring (bicyclic) bond motifs is 2. The minimum absolute atomic E-state index is 0.0762. The molecule has 0 aliphatic carbocycles. The predicted molar refractivity (Wildman–Crippen MR) is 88.9 cm³/mol. The van der Waals surface area contributed by atoms with Crippen LogP contribution < -0.4 is 10.9 Å². The van der Waals surface area contributed by atoms with Gasteiger partial charge in [0.1, 0.15) is 5.82 Å². The molecule has 0 atom stereocenters. The average Bonchev–Trinajstić information content (AvgIpc) is 3.04. The number of aliphatic hydroxyl groups excluding tert-OH is 1. The lowest BCUT2D eigenvalue weighted by Crippen LogP contribution is -2.22. The molecular formula is C17H13FN4O2. The number of pyridine rings is 1. The molecular weight excluding hydrogens is 311 g/mol. The number of anilines is 2. The van der Waals surface area contributed by atoms with Crippen LogP contribution in [0.3, 0.4) is 0 Å². The Bertz CT molecular complexity index is 1120. The summed E-state index contributed by atoms with van der Waals surface area (Å²) in [6, 6.07) is 10.1. The summed E-state index contributed by atoms with van der Waals surface area (Å²) in [7, 11) is 0. The molecule has 0 amide bonds. The van der Waals surface area contributed by atoms with Crippen LogP contribution in [-0.4, -0.2) is 19.5 Å². The number of halogens is 1. The molecule has 0 unspecified atom stereocenters. The standard InChI is InChI=1S/C17H13FN4O2/c18-13-2-1-7-22-16(13)21-15(12(9-23)17(22)24)20-11-3-4-14-10(8-11)5-6-19-14/h1-8,19-20,23H,9H2. The summed E-state index contributed by atoms with van der Waals surface area (Å²) in [5.74, 6) is -0.467. The highest BCUT2D eigenvalue weighted by Crippen LogP contribution is 2.22. The Labute approximate surface area is 135 Å². The number of nitrogens with one attached hydrogen (secondary N) is 2. The highest BCUT2D eigenvalue weighted by Gasteiger charge is 2.14. The molecule has 0 radical (unpaired) electrons. The lowest BCUT2D eigenvalue weighted by Gasteiger charge is -2.11. The molecule has 24 heavy (non-hydrogen) atoms. The number of aromatic nitrogens is 3. The Morgan fingerprint density at radius 3 is 3.00 bits per heavy atom. The lowest BCUT2D eigenvalue weighted by molar-refractivity contribution is 0.280. The smallest absolute Gasteiger partial charge is 0.265 e. The minimum atomic E-state index is -0.608. The van der Waals surface area contributed by atoms with Gasteiger partial charge in [-0.15, -0.1) is 0 Å². The van der Waals surface area contributed by atoms with Crippen molar-refractivity contribution in [2.24, 2.45) is 0 Å². The molecule has 0 fully saturated rings. The molecule has 120 valence electrons. The van der Waals surface area contributed by atoms with E-state index in [-0.39, 0.29) is 17.0 Å². The van der Waals surface area contributed by atoms with Crippen molar-refractivity contribution in [3.05, 3.63) is 70.5 Å². The molecule has 0 aliphatic heterocycles. The van der Waals surface area contributed by atoms with Crippen molar-refractivity contribution in [3.63, 3.8) is 0 Å². The van der Waals surface area contributed by atoms with Gasteiger partial charge in [0.15, 0.2) is 11.5 Å². The first kappa shape index (κ1) is 14.4. The maximum Gasteiger partial charge on any atom is 0.265 e. The van der Waals surface area contributed by atoms with Crippen LogP contribution in [0, 0.1) is 5.82 Å². The second kappa shape index (κ2) is 5.47. The Morgan fingerprint density at radius 1 is 1.29 bits per heavy atom. The van der Waals surface area contributed by atoms with E-state index in [1.807, 2.05) is 30.5 Å². The van der Waals surface area contributed by atoms with Gasteiger partial charge in [0, 0.05) is 29.0 Å². The Morgan fingerprint density at radius 2 is 2.17 bits per heavy atom. The van der Waals surface area contributed by atoms with Crippen molar-refractivity contribution in [2.75, 3.05) is 5.32 Å². The number of aromatic amines is 1. The molecule has 0 spiro atoms. The van der Waals surface area contributed by atoms with Gasteiger partial charge in [-0.25, -0.2) is 9.37 Å². The third kappa shape index (κ3) is 2.22. The molecule has 0 bridgehead atoms. The molecule has 3 heterocycles. The number of nitrogens with zero attached hydrogens (tertiary/aromatic N) is 2. The second-order valence-electron chi connectivity index (χ2n) is 5.36. The SMILES string of the molecule is O=c1c(CO)c(Nc2ccc3[nH]ccc3c2)nc2c(F)cccn12. The summed E-state index contributed by atoms with van der Waals surface area (Å²) in [4.78, 5) is 19.7. The molecule has 1 aromatic carbocycles. The molecule has 0 saturated heterocycles. The fraction of sp³-hybridized carbons (Fsp3) is 0.0588. The quantitative estimate of drug-likeness (QED) is 0.541. The Balaban J connectivity index is 1.88. The van der Waals surface area contributed by atoms with Crippen molar-refractivity contribution in [3.8, 4) is 0 Å². The first-order chi connectivity index (χ1) is 11.7. The number of rotatable bonds is 3. The summed E-state index contributed by atoms with van der Waals surface area (Å²) in [5.41, 5.74) is 1.13. The maximum absolute atomic E-state index is 14.0. The third-order valence-electron chi connectivity index (χ3n) is 3.87. The van der Waals surface area contributed by atoms with E-state index in [2.05, 4.69) is 15.3 Å². The number of hydrogen-bond acceptors (Lipinski definition) is 4. The van der Waals surface area contributed by atoms with Gasteiger partial charge in [0.05, 0.1) is 12.2 Å².